The van der Waals surface area contributed by atoms with Gasteiger partial charge >= 0.3 is 6.61 Å². The van der Waals surface area contributed by atoms with Crippen LogP contribution in [0.25, 0.3) is 10.9 Å². The highest BCUT2D eigenvalue weighted by Gasteiger charge is 2.18. The normalized spacial score (nSPS) is 11.8. The van der Waals surface area contributed by atoms with Crippen molar-refractivity contribution in [3.05, 3.63) is 53.1 Å². The van der Waals surface area contributed by atoms with Gasteiger partial charge in [0.25, 0.3) is 0 Å². The number of benzene rings is 1. The Kier molecular flexibility index (Phi) is 6.44. The Balaban J connectivity index is 1.91. The largest absolute Gasteiger partial charge is 0.434 e. The number of halogens is 3. The number of nitrogens with zero attached hydrogens (tertiary/aromatic N) is 3. The average Bonchev–Trinajstić information content (AvgIpc) is 2.68. The first-order valence-corrected chi connectivity index (χ1v) is 9.28. The Morgan fingerprint density at radius 3 is 2.72 bits per heavy atom. The van der Waals surface area contributed by atoms with E-state index in [0.29, 0.717) is 34.3 Å². The first kappa shape index (κ1) is 21.1. The van der Waals surface area contributed by atoms with E-state index in [1.807, 2.05) is 13.8 Å². The Labute approximate surface area is 172 Å². The molecule has 0 aliphatic heterocycles. The summed E-state index contributed by atoms with van der Waals surface area (Å²) in [5.41, 5.74) is 0.757. The number of methoxy groups -OCH3 is 1. The fraction of sp³-hybridized carbons (Fsp3) is 0.350. The second-order valence-electron chi connectivity index (χ2n) is 7.01. The monoisotopic (exact) mass is 422 g/mol. The van der Waals surface area contributed by atoms with Gasteiger partial charge in [-0.2, -0.15) is 8.78 Å². The maximum Gasteiger partial charge on any atom is 0.387 e. The van der Waals surface area contributed by atoms with Crippen molar-refractivity contribution < 1.29 is 18.3 Å². The summed E-state index contributed by atoms with van der Waals surface area (Å²) < 4.78 is 35.4. The SMILES string of the molecule is COC(C)(C)CNc1nccc2cnc(Cc3ccc(Cl)cc3OC(F)F)nc12. The molecule has 1 aromatic carbocycles. The van der Waals surface area contributed by atoms with Crippen LogP contribution in [0.1, 0.15) is 25.2 Å². The van der Waals surface area contributed by atoms with Gasteiger partial charge in [-0.25, -0.2) is 15.0 Å². The van der Waals surface area contributed by atoms with Crippen molar-refractivity contribution in [1.29, 1.82) is 0 Å². The van der Waals surface area contributed by atoms with Gasteiger partial charge in [-0.3, -0.25) is 0 Å². The number of nitrogens with one attached hydrogen (secondary N) is 1. The molecule has 154 valence electrons. The van der Waals surface area contributed by atoms with Crippen LogP contribution in [-0.2, 0) is 11.2 Å². The molecule has 0 saturated carbocycles. The molecular formula is C20H21ClF2N4O2. The van der Waals surface area contributed by atoms with Gasteiger partial charge in [0.05, 0.1) is 5.60 Å². The number of anilines is 1. The molecule has 0 aliphatic carbocycles. The van der Waals surface area contributed by atoms with Crippen molar-refractivity contribution in [3.8, 4) is 5.75 Å². The first-order chi connectivity index (χ1) is 13.8. The molecule has 0 radical (unpaired) electrons. The van der Waals surface area contributed by atoms with Gasteiger partial charge in [-0.05, 0) is 32.0 Å². The molecular weight excluding hydrogens is 402 g/mol. The lowest BCUT2D eigenvalue weighted by Crippen LogP contribution is -2.32. The molecule has 0 amide bonds. The molecule has 6 nitrogen and oxygen atoms in total. The topological polar surface area (TPSA) is 69.2 Å². The van der Waals surface area contributed by atoms with Gasteiger partial charge in [-0.1, -0.05) is 17.7 Å². The zero-order chi connectivity index (χ0) is 21.0. The van der Waals surface area contributed by atoms with Crippen LogP contribution in [-0.4, -0.2) is 40.8 Å². The fourth-order valence-electron chi connectivity index (χ4n) is 2.63. The smallest absolute Gasteiger partial charge is 0.387 e. The van der Waals surface area contributed by atoms with Crippen molar-refractivity contribution in [2.45, 2.75) is 32.5 Å². The first-order valence-electron chi connectivity index (χ1n) is 8.90. The van der Waals surface area contributed by atoms with E-state index in [1.54, 1.807) is 37.7 Å². The van der Waals surface area contributed by atoms with Crippen molar-refractivity contribution in [3.63, 3.8) is 0 Å². The Hall–Kier alpha value is -2.58. The summed E-state index contributed by atoms with van der Waals surface area (Å²) in [7, 11) is 1.64. The van der Waals surface area contributed by atoms with E-state index in [4.69, 9.17) is 16.3 Å². The Morgan fingerprint density at radius 1 is 1.21 bits per heavy atom. The number of ether oxygens (including phenoxy) is 2. The number of fused-ring (bicyclic) bond motifs is 1. The molecule has 0 spiro atoms. The second kappa shape index (κ2) is 8.84. The highest BCUT2D eigenvalue weighted by atomic mass is 35.5. The van der Waals surface area contributed by atoms with Crippen LogP contribution in [0.2, 0.25) is 5.02 Å². The molecule has 0 aliphatic rings. The van der Waals surface area contributed by atoms with Crippen LogP contribution in [0.4, 0.5) is 14.6 Å². The average molecular weight is 423 g/mol. The zero-order valence-corrected chi connectivity index (χ0v) is 17.0. The maximum absolute atomic E-state index is 12.7. The second-order valence-corrected chi connectivity index (χ2v) is 7.44. The lowest BCUT2D eigenvalue weighted by atomic mass is 10.1. The molecule has 3 aromatic rings. The fourth-order valence-corrected chi connectivity index (χ4v) is 2.79. The van der Waals surface area contributed by atoms with Crippen molar-refractivity contribution in [2.75, 3.05) is 19.0 Å². The van der Waals surface area contributed by atoms with Crippen LogP contribution in [0.3, 0.4) is 0 Å². The number of aromatic nitrogens is 3. The standard InChI is InChI=1S/C20H21ClF2N4O2/c1-20(2,28-3)11-26-18-17-13(6-7-24-18)10-25-16(27-17)8-12-4-5-14(21)9-15(12)29-19(22)23/h4-7,9-10,19H,8,11H2,1-3H3,(H,24,26). The zero-order valence-electron chi connectivity index (χ0n) is 16.2. The molecule has 0 saturated heterocycles. The van der Waals surface area contributed by atoms with E-state index >= 15 is 0 Å². The van der Waals surface area contributed by atoms with E-state index in [-0.39, 0.29) is 17.8 Å². The summed E-state index contributed by atoms with van der Waals surface area (Å²) in [4.78, 5) is 13.3. The van der Waals surface area contributed by atoms with E-state index in [0.717, 1.165) is 5.39 Å². The van der Waals surface area contributed by atoms with E-state index < -0.39 is 6.61 Å². The lowest BCUT2D eigenvalue weighted by Gasteiger charge is -2.23. The van der Waals surface area contributed by atoms with E-state index in [9.17, 15) is 8.78 Å². The summed E-state index contributed by atoms with van der Waals surface area (Å²) in [6.45, 7) is 1.49. The van der Waals surface area contributed by atoms with Gasteiger partial charge < -0.3 is 14.8 Å². The van der Waals surface area contributed by atoms with Gasteiger partial charge in [0.2, 0.25) is 0 Å². The van der Waals surface area contributed by atoms with E-state index in [2.05, 4.69) is 25.0 Å². The minimum absolute atomic E-state index is 0.00239. The summed E-state index contributed by atoms with van der Waals surface area (Å²) in [5, 5.41) is 4.36. The minimum Gasteiger partial charge on any atom is -0.434 e. The molecule has 2 aromatic heterocycles. The molecule has 3 rings (SSSR count). The van der Waals surface area contributed by atoms with Crippen molar-refractivity contribution >= 4 is 28.3 Å². The molecule has 0 bridgehead atoms. The van der Waals surface area contributed by atoms with Crippen LogP contribution in [0.5, 0.6) is 5.75 Å². The lowest BCUT2D eigenvalue weighted by molar-refractivity contribution is -0.0503. The Bertz CT molecular complexity index is 1000. The summed E-state index contributed by atoms with van der Waals surface area (Å²) in [5.74, 6) is 1.04. The van der Waals surface area contributed by atoms with Crippen LogP contribution < -0.4 is 10.1 Å². The Morgan fingerprint density at radius 2 is 2.00 bits per heavy atom. The minimum atomic E-state index is -2.95. The predicted molar refractivity (Wildman–Crippen MR) is 108 cm³/mol. The number of hydrogen-bond acceptors (Lipinski definition) is 6. The van der Waals surface area contributed by atoms with Crippen LogP contribution >= 0.6 is 11.6 Å². The highest BCUT2D eigenvalue weighted by molar-refractivity contribution is 6.30. The quantitative estimate of drug-likeness (QED) is 0.567. The molecule has 9 heteroatoms. The molecule has 0 fully saturated rings. The molecule has 0 unspecified atom stereocenters. The third kappa shape index (κ3) is 5.48. The van der Waals surface area contributed by atoms with Crippen molar-refractivity contribution in [1.82, 2.24) is 15.0 Å². The van der Waals surface area contributed by atoms with Crippen molar-refractivity contribution in [2.24, 2.45) is 0 Å². The maximum atomic E-state index is 12.7. The predicted octanol–water partition coefficient (Wildman–Crippen LogP) is 4.71. The molecule has 0 atom stereocenters. The summed E-state index contributed by atoms with van der Waals surface area (Å²) in [6.07, 6.45) is 3.55. The number of pyridine rings is 1. The van der Waals surface area contributed by atoms with Gasteiger partial charge in [0, 0.05) is 48.4 Å². The number of rotatable bonds is 8. The summed E-state index contributed by atoms with van der Waals surface area (Å²) >= 11 is 5.90. The number of hydrogen-bond donors (Lipinski definition) is 1. The molecule has 29 heavy (non-hydrogen) atoms. The molecule has 1 N–H and O–H groups in total. The summed E-state index contributed by atoms with van der Waals surface area (Å²) in [6, 6.07) is 6.39. The molecule has 2 heterocycles. The van der Waals surface area contributed by atoms with Gasteiger partial charge in [-0.15, -0.1) is 0 Å². The number of alkyl halides is 2. The third-order valence-electron chi connectivity index (χ3n) is 4.38. The van der Waals surface area contributed by atoms with Gasteiger partial charge in [0.1, 0.15) is 17.1 Å². The van der Waals surface area contributed by atoms with Crippen LogP contribution in [0.15, 0.2) is 36.7 Å². The third-order valence-corrected chi connectivity index (χ3v) is 4.61. The highest BCUT2D eigenvalue weighted by Crippen LogP contribution is 2.27. The van der Waals surface area contributed by atoms with Gasteiger partial charge in [0.15, 0.2) is 5.82 Å². The van der Waals surface area contributed by atoms with Crippen LogP contribution in [0, 0.1) is 0 Å². The van der Waals surface area contributed by atoms with E-state index in [1.165, 1.54) is 6.07 Å².